The van der Waals surface area contributed by atoms with Gasteiger partial charge in [-0.1, -0.05) is 0 Å². The zero-order valence-electron chi connectivity index (χ0n) is 9.32. The number of fused-ring (bicyclic) bond motifs is 1. The molecule has 86 valence electrons. The summed E-state index contributed by atoms with van der Waals surface area (Å²) in [5.74, 6) is 1.90. The Kier molecular flexibility index (Phi) is 2.96. The van der Waals surface area contributed by atoms with Crippen LogP contribution in [0.15, 0.2) is 16.5 Å². The van der Waals surface area contributed by atoms with E-state index in [1.165, 1.54) is 0 Å². The number of benzene rings is 1. The summed E-state index contributed by atoms with van der Waals surface area (Å²) in [7, 11) is 3.17. The van der Waals surface area contributed by atoms with Gasteiger partial charge in [0.05, 0.1) is 14.2 Å². The van der Waals surface area contributed by atoms with E-state index in [1.54, 1.807) is 26.4 Å². The first-order valence-corrected chi connectivity index (χ1v) is 5.00. The molecule has 0 amide bonds. The molecule has 5 heteroatoms. The summed E-state index contributed by atoms with van der Waals surface area (Å²) < 4.78 is 15.9. The molecule has 2 N–H and O–H groups in total. The lowest BCUT2D eigenvalue weighted by Crippen LogP contribution is -2.02. The summed E-state index contributed by atoms with van der Waals surface area (Å²) in [5, 5.41) is 0. The zero-order valence-corrected chi connectivity index (χ0v) is 9.32. The van der Waals surface area contributed by atoms with Gasteiger partial charge in [-0.25, -0.2) is 4.98 Å². The molecule has 0 unspecified atom stereocenters. The molecular weight excluding hydrogens is 208 g/mol. The molecule has 0 aliphatic heterocycles. The van der Waals surface area contributed by atoms with Gasteiger partial charge in [-0.3, -0.25) is 0 Å². The quantitative estimate of drug-likeness (QED) is 0.845. The molecule has 0 saturated heterocycles. The fraction of sp³-hybridized carbons (Fsp3) is 0.364. The van der Waals surface area contributed by atoms with E-state index >= 15 is 0 Å². The molecule has 0 saturated carbocycles. The lowest BCUT2D eigenvalue weighted by atomic mass is 10.3. The van der Waals surface area contributed by atoms with Crippen molar-refractivity contribution in [3.8, 4) is 11.5 Å². The Hall–Kier alpha value is -1.75. The molecule has 1 aromatic carbocycles. The van der Waals surface area contributed by atoms with E-state index in [2.05, 4.69) is 4.98 Å². The van der Waals surface area contributed by atoms with Crippen molar-refractivity contribution in [3.05, 3.63) is 18.0 Å². The number of ether oxygens (including phenoxy) is 2. The first-order chi connectivity index (χ1) is 7.78. The summed E-state index contributed by atoms with van der Waals surface area (Å²) in [6.07, 6.45) is 0.624. The van der Waals surface area contributed by atoms with Gasteiger partial charge in [0.15, 0.2) is 23.0 Å². The van der Waals surface area contributed by atoms with Gasteiger partial charge in [-0.15, -0.1) is 0 Å². The van der Waals surface area contributed by atoms with Gasteiger partial charge in [0.1, 0.15) is 5.52 Å². The second kappa shape index (κ2) is 4.40. The Balaban J connectivity index is 2.51. The van der Waals surface area contributed by atoms with E-state index in [4.69, 9.17) is 19.6 Å². The SMILES string of the molecule is COc1cc2nc(CCN)oc2cc1OC. The van der Waals surface area contributed by atoms with Crippen LogP contribution in [0, 0.1) is 0 Å². The maximum absolute atomic E-state index is 5.52. The van der Waals surface area contributed by atoms with Gasteiger partial charge in [-0.2, -0.15) is 0 Å². The van der Waals surface area contributed by atoms with Crippen molar-refractivity contribution in [1.29, 1.82) is 0 Å². The summed E-state index contributed by atoms with van der Waals surface area (Å²) in [6.45, 7) is 0.515. The van der Waals surface area contributed by atoms with E-state index in [-0.39, 0.29) is 0 Å². The molecule has 0 aliphatic rings. The summed E-state index contributed by atoms with van der Waals surface area (Å²) in [6, 6.07) is 3.55. The Labute approximate surface area is 93.2 Å². The molecule has 1 aromatic heterocycles. The molecule has 1 heterocycles. The largest absolute Gasteiger partial charge is 0.493 e. The molecule has 0 aliphatic carbocycles. The van der Waals surface area contributed by atoms with Gasteiger partial charge in [0.25, 0.3) is 0 Å². The third-order valence-electron chi connectivity index (χ3n) is 2.30. The normalized spacial score (nSPS) is 10.7. The zero-order chi connectivity index (χ0) is 11.5. The van der Waals surface area contributed by atoms with Crippen molar-refractivity contribution in [2.45, 2.75) is 6.42 Å². The number of hydrogen-bond donors (Lipinski definition) is 1. The van der Waals surface area contributed by atoms with Crippen LogP contribution in [0.1, 0.15) is 5.89 Å². The van der Waals surface area contributed by atoms with E-state index in [0.717, 1.165) is 5.52 Å². The van der Waals surface area contributed by atoms with Crippen LogP contribution < -0.4 is 15.2 Å². The van der Waals surface area contributed by atoms with Crippen molar-refractivity contribution >= 4 is 11.1 Å². The minimum atomic E-state index is 0.515. The van der Waals surface area contributed by atoms with Crippen molar-refractivity contribution in [1.82, 2.24) is 4.98 Å². The Bertz CT molecular complexity index is 452. The van der Waals surface area contributed by atoms with Crippen LogP contribution in [0.5, 0.6) is 11.5 Å². The average Bonchev–Trinajstić information content (AvgIpc) is 2.68. The second-order valence-electron chi connectivity index (χ2n) is 3.32. The third-order valence-corrected chi connectivity index (χ3v) is 2.30. The molecular formula is C11H14N2O3. The Morgan fingerprint density at radius 2 is 1.94 bits per heavy atom. The lowest BCUT2D eigenvalue weighted by molar-refractivity contribution is 0.355. The maximum atomic E-state index is 5.52. The molecule has 2 aromatic rings. The molecule has 0 radical (unpaired) electrons. The highest BCUT2D eigenvalue weighted by atomic mass is 16.5. The van der Waals surface area contributed by atoms with E-state index < -0.39 is 0 Å². The highest BCUT2D eigenvalue weighted by Gasteiger charge is 2.11. The highest BCUT2D eigenvalue weighted by Crippen LogP contribution is 2.32. The van der Waals surface area contributed by atoms with Crippen LogP contribution in [-0.2, 0) is 6.42 Å². The van der Waals surface area contributed by atoms with Crippen LogP contribution in [0.2, 0.25) is 0 Å². The minimum absolute atomic E-state index is 0.515. The average molecular weight is 222 g/mol. The molecule has 0 bridgehead atoms. The van der Waals surface area contributed by atoms with Crippen molar-refractivity contribution in [2.24, 2.45) is 5.73 Å². The number of aromatic nitrogens is 1. The highest BCUT2D eigenvalue weighted by molar-refractivity contribution is 5.77. The van der Waals surface area contributed by atoms with E-state index in [1.807, 2.05) is 0 Å². The van der Waals surface area contributed by atoms with E-state index in [9.17, 15) is 0 Å². The van der Waals surface area contributed by atoms with Crippen molar-refractivity contribution in [3.63, 3.8) is 0 Å². The molecule has 0 atom stereocenters. The number of hydrogen-bond acceptors (Lipinski definition) is 5. The van der Waals surface area contributed by atoms with Gasteiger partial charge in [0, 0.05) is 25.1 Å². The Morgan fingerprint density at radius 3 is 2.56 bits per heavy atom. The predicted octanol–water partition coefficient (Wildman–Crippen LogP) is 1.35. The van der Waals surface area contributed by atoms with Crippen LogP contribution in [0.25, 0.3) is 11.1 Å². The minimum Gasteiger partial charge on any atom is -0.493 e. The number of nitrogens with zero attached hydrogens (tertiary/aromatic N) is 1. The second-order valence-corrected chi connectivity index (χ2v) is 3.32. The maximum Gasteiger partial charge on any atom is 0.196 e. The van der Waals surface area contributed by atoms with Crippen LogP contribution >= 0.6 is 0 Å². The molecule has 5 nitrogen and oxygen atoms in total. The van der Waals surface area contributed by atoms with E-state index in [0.29, 0.717) is 35.9 Å². The van der Waals surface area contributed by atoms with Gasteiger partial charge < -0.3 is 19.6 Å². The van der Waals surface area contributed by atoms with Crippen LogP contribution in [0.4, 0.5) is 0 Å². The van der Waals surface area contributed by atoms with Crippen molar-refractivity contribution < 1.29 is 13.9 Å². The van der Waals surface area contributed by atoms with Gasteiger partial charge in [-0.05, 0) is 0 Å². The number of methoxy groups -OCH3 is 2. The molecule has 0 fully saturated rings. The summed E-state index contributed by atoms with van der Waals surface area (Å²) in [4.78, 5) is 4.30. The number of nitrogens with two attached hydrogens (primary N) is 1. The summed E-state index contributed by atoms with van der Waals surface area (Å²) in [5.41, 5.74) is 6.88. The van der Waals surface area contributed by atoms with Gasteiger partial charge >= 0.3 is 0 Å². The fourth-order valence-electron chi connectivity index (χ4n) is 1.53. The fourth-order valence-corrected chi connectivity index (χ4v) is 1.53. The molecule has 16 heavy (non-hydrogen) atoms. The van der Waals surface area contributed by atoms with Crippen molar-refractivity contribution in [2.75, 3.05) is 20.8 Å². The topological polar surface area (TPSA) is 70.5 Å². The third kappa shape index (κ3) is 1.81. The van der Waals surface area contributed by atoms with Gasteiger partial charge in [0.2, 0.25) is 0 Å². The lowest BCUT2D eigenvalue weighted by Gasteiger charge is -2.05. The molecule has 0 spiro atoms. The first kappa shape index (κ1) is 10.8. The smallest absolute Gasteiger partial charge is 0.196 e. The van der Waals surface area contributed by atoms with Crippen LogP contribution in [0.3, 0.4) is 0 Å². The monoisotopic (exact) mass is 222 g/mol. The Morgan fingerprint density at radius 1 is 1.25 bits per heavy atom. The molecule has 2 rings (SSSR count). The first-order valence-electron chi connectivity index (χ1n) is 5.00. The standard InChI is InChI=1S/C11H14N2O3/c1-14-9-5-7-8(6-10(9)15-2)16-11(13-7)3-4-12/h5-6H,3-4,12H2,1-2H3. The summed E-state index contributed by atoms with van der Waals surface area (Å²) >= 11 is 0. The van der Waals surface area contributed by atoms with Crippen LogP contribution in [-0.4, -0.2) is 25.7 Å². The number of rotatable bonds is 4. The number of oxazole rings is 1. The predicted molar refractivity (Wildman–Crippen MR) is 59.9 cm³/mol.